The van der Waals surface area contributed by atoms with E-state index in [4.69, 9.17) is 13.9 Å². The zero-order valence-electron chi connectivity index (χ0n) is 19.4. The van der Waals surface area contributed by atoms with Gasteiger partial charge in [0.2, 0.25) is 5.91 Å². The highest BCUT2D eigenvalue weighted by molar-refractivity contribution is 6.00. The third kappa shape index (κ3) is 5.12. The van der Waals surface area contributed by atoms with Gasteiger partial charge < -0.3 is 19.2 Å². The van der Waals surface area contributed by atoms with Crippen LogP contribution in [0, 0.1) is 5.82 Å². The van der Waals surface area contributed by atoms with E-state index in [9.17, 15) is 9.18 Å². The molecule has 0 atom stereocenters. The van der Waals surface area contributed by atoms with E-state index in [1.165, 1.54) is 18.2 Å². The number of nitrogens with one attached hydrogen (secondary N) is 1. The van der Waals surface area contributed by atoms with Gasteiger partial charge in [0.25, 0.3) is 0 Å². The van der Waals surface area contributed by atoms with E-state index in [0.29, 0.717) is 24.5 Å². The van der Waals surface area contributed by atoms with E-state index < -0.39 is 0 Å². The van der Waals surface area contributed by atoms with Gasteiger partial charge in [-0.15, -0.1) is 0 Å². The van der Waals surface area contributed by atoms with Crippen LogP contribution in [0.4, 0.5) is 4.39 Å². The number of amides is 1. The number of benzene rings is 3. The van der Waals surface area contributed by atoms with Crippen LogP contribution in [0.1, 0.15) is 25.0 Å². The van der Waals surface area contributed by atoms with Gasteiger partial charge in [-0.25, -0.2) is 4.39 Å². The molecule has 3 aromatic carbocycles. The summed E-state index contributed by atoms with van der Waals surface area (Å²) in [5, 5.41) is 3.75. The summed E-state index contributed by atoms with van der Waals surface area (Å²) in [6.07, 6.45) is 3.25. The maximum atomic E-state index is 13.1. The second kappa shape index (κ2) is 10.3. The minimum atomic E-state index is -0.308. The Hall–Kier alpha value is -4.06. The van der Waals surface area contributed by atoms with Crippen LogP contribution in [-0.4, -0.2) is 19.6 Å². The maximum absolute atomic E-state index is 13.1. The normalized spacial score (nSPS) is 11.5. The van der Waals surface area contributed by atoms with Gasteiger partial charge in [0.05, 0.1) is 20.0 Å². The monoisotopic (exact) mass is 459 g/mol. The average molecular weight is 460 g/mol. The first-order chi connectivity index (χ1) is 16.5. The summed E-state index contributed by atoms with van der Waals surface area (Å²) in [6, 6.07) is 17.7. The molecule has 174 valence electrons. The van der Waals surface area contributed by atoms with Crippen molar-refractivity contribution >= 4 is 22.4 Å². The van der Waals surface area contributed by atoms with E-state index in [0.717, 1.165) is 39.0 Å². The molecule has 0 saturated carbocycles. The zero-order chi connectivity index (χ0) is 24.1. The first-order valence-electron chi connectivity index (χ1n) is 11.0. The van der Waals surface area contributed by atoms with Crippen molar-refractivity contribution in [1.82, 2.24) is 5.32 Å². The molecule has 4 aromatic rings. The molecule has 4 rings (SSSR count). The summed E-state index contributed by atoms with van der Waals surface area (Å²) in [4.78, 5) is 12.5. The number of methoxy groups -OCH3 is 1. The number of furan rings is 1. The van der Waals surface area contributed by atoms with E-state index in [-0.39, 0.29) is 11.7 Å². The van der Waals surface area contributed by atoms with Crippen molar-refractivity contribution in [2.75, 3.05) is 13.7 Å². The van der Waals surface area contributed by atoms with Crippen molar-refractivity contribution in [3.8, 4) is 22.6 Å². The Balaban J connectivity index is 1.60. The Labute approximate surface area is 197 Å². The molecule has 1 aromatic heterocycles. The van der Waals surface area contributed by atoms with Crippen LogP contribution < -0.4 is 14.8 Å². The lowest BCUT2D eigenvalue weighted by atomic mass is 9.99. The highest BCUT2D eigenvalue weighted by Gasteiger charge is 2.15. The van der Waals surface area contributed by atoms with Crippen LogP contribution in [0.25, 0.3) is 27.7 Å². The van der Waals surface area contributed by atoms with Crippen LogP contribution in [0.5, 0.6) is 11.5 Å². The standard InChI is InChI=1S/C28H26FNO4/c1-4-33-22-11-7-20(8-12-22)25-17-34-27-15-26(32-3)23(14-24(25)27)18(2)13-28(31)30-16-19-5-9-21(29)10-6-19/h5-15,17H,4,16H2,1-3H3,(H,30,31)/b18-13+. The van der Waals surface area contributed by atoms with Crippen LogP contribution in [0.15, 0.2) is 77.4 Å². The fourth-order valence-electron chi connectivity index (χ4n) is 3.77. The van der Waals surface area contributed by atoms with Crippen molar-refractivity contribution in [1.29, 1.82) is 0 Å². The minimum Gasteiger partial charge on any atom is -0.496 e. The van der Waals surface area contributed by atoms with Gasteiger partial charge in [0, 0.05) is 35.2 Å². The first kappa shape index (κ1) is 23.1. The van der Waals surface area contributed by atoms with E-state index in [1.54, 1.807) is 25.5 Å². The van der Waals surface area contributed by atoms with Crippen LogP contribution in [0.2, 0.25) is 0 Å². The summed E-state index contributed by atoms with van der Waals surface area (Å²) in [6.45, 7) is 4.73. The van der Waals surface area contributed by atoms with E-state index in [1.807, 2.05) is 50.2 Å². The van der Waals surface area contributed by atoms with Crippen molar-refractivity contribution in [3.05, 3.63) is 89.9 Å². The number of halogens is 1. The molecule has 0 aliphatic heterocycles. The van der Waals surface area contributed by atoms with E-state index in [2.05, 4.69) is 5.32 Å². The largest absolute Gasteiger partial charge is 0.496 e. The molecule has 1 heterocycles. The second-order valence-corrected chi connectivity index (χ2v) is 7.83. The summed E-state index contributed by atoms with van der Waals surface area (Å²) in [5.74, 6) is 0.868. The summed E-state index contributed by atoms with van der Waals surface area (Å²) in [5.41, 5.74) is 4.98. The number of hydrogen-bond acceptors (Lipinski definition) is 4. The predicted molar refractivity (Wildman–Crippen MR) is 131 cm³/mol. The highest BCUT2D eigenvalue weighted by atomic mass is 19.1. The summed E-state index contributed by atoms with van der Waals surface area (Å²) >= 11 is 0. The number of fused-ring (bicyclic) bond motifs is 1. The quantitative estimate of drug-likeness (QED) is 0.311. The third-order valence-electron chi connectivity index (χ3n) is 5.52. The molecular formula is C28H26FNO4. The van der Waals surface area contributed by atoms with Crippen LogP contribution in [-0.2, 0) is 11.3 Å². The summed E-state index contributed by atoms with van der Waals surface area (Å²) in [7, 11) is 1.59. The Kier molecular flexibility index (Phi) is 6.97. The Morgan fingerprint density at radius 2 is 1.82 bits per heavy atom. The molecule has 5 nitrogen and oxygen atoms in total. The molecule has 0 spiro atoms. The molecule has 0 aliphatic rings. The number of ether oxygens (including phenoxy) is 2. The fraction of sp³-hybridized carbons (Fsp3) is 0.179. The number of carbonyl (C=O) groups is 1. The van der Waals surface area contributed by atoms with Crippen molar-refractivity contribution in [2.24, 2.45) is 0 Å². The molecular weight excluding hydrogens is 433 g/mol. The lowest BCUT2D eigenvalue weighted by Crippen LogP contribution is -2.20. The van der Waals surface area contributed by atoms with Gasteiger partial charge in [-0.3, -0.25) is 4.79 Å². The Bertz CT molecular complexity index is 1320. The number of carbonyl (C=O) groups excluding carboxylic acids is 1. The van der Waals surface area contributed by atoms with Crippen molar-refractivity contribution in [3.63, 3.8) is 0 Å². The molecule has 34 heavy (non-hydrogen) atoms. The molecule has 6 heteroatoms. The predicted octanol–water partition coefficient (Wildman–Crippen LogP) is 6.37. The number of allylic oxidation sites excluding steroid dienone is 1. The average Bonchev–Trinajstić information content (AvgIpc) is 3.26. The van der Waals surface area contributed by atoms with Gasteiger partial charge in [0.1, 0.15) is 22.9 Å². The second-order valence-electron chi connectivity index (χ2n) is 7.83. The lowest BCUT2D eigenvalue weighted by Gasteiger charge is -2.10. The van der Waals surface area contributed by atoms with Crippen LogP contribution in [0.3, 0.4) is 0 Å². The molecule has 0 saturated heterocycles. The van der Waals surface area contributed by atoms with Gasteiger partial charge in [0.15, 0.2) is 0 Å². The smallest absolute Gasteiger partial charge is 0.244 e. The SMILES string of the molecule is CCOc1ccc(-c2coc3cc(OC)c(/C(C)=C/C(=O)NCc4ccc(F)cc4)cc23)cc1. The maximum Gasteiger partial charge on any atom is 0.244 e. The molecule has 1 N–H and O–H groups in total. The highest BCUT2D eigenvalue weighted by Crippen LogP contribution is 2.37. The molecule has 0 radical (unpaired) electrons. The van der Waals surface area contributed by atoms with Crippen LogP contribution >= 0.6 is 0 Å². The van der Waals surface area contributed by atoms with Crippen molar-refractivity contribution in [2.45, 2.75) is 20.4 Å². The minimum absolute atomic E-state index is 0.247. The molecule has 0 aliphatic carbocycles. The first-order valence-corrected chi connectivity index (χ1v) is 11.0. The van der Waals surface area contributed by atoms with Crippen molar-refractivity contribution < 1.29 is 23.1 Å². The molecule has 0 fully saturated rings. The van der Waals surface area contributed by atoms with Gasteiger partial charge in [-0.1, -0.05) is 24.3 Å². The van der Waals surface area contributed by atoms with Gasteiger partial charge >= 0.3 is 0 Å². The topological polar surface area (TPSA) is 60.7 Å². The summed E-state index contributed by atoms with van der Waals surface area (Å²) < 4.78 is 30.0. The molecule has 0 unspecified atom stereocenters. The number of rotatable bonds is 8. The van der Waals surface area contributed by atoms with Gasteiger partial charge in [-0.05, 0) is 60.9 Å². The molecule has 1 amide bonds. The van der Waals surface area contributed by atoms with Gasteiger partial charge in [-0.2, -0.15) is 0 Å². The van der Waals surface area contributed by atoms with E-state index >= 15 is 0 Å². The Morgan fingerprint density at radius 1 is 1.09 bits per heavy atom. The third-order valence-corrected chi connectivity index (χ3v) is 5.52. The number of hydrogen-bond donors (Lipinski definition) is 1. The zero-order valence-corrected chi connectivity index (χ0v) is 19.4. The fourth-order valence-corrected chi connectivity index (χ4v) is 3.77. The Morgan fingerprint density at radius 3 is 2.50 bits per heavy atom. The lowest BCUT2D eigenvalue weighted by molar-refractivity contribution is -0.116. The molecule has 0 bridgehead atoms.